The van der Waals surface area contributed by atoms with Gasteiger partial charge in [-0.2, -0.15) is 10.1 Å². The lowest BCUT2D eigenvalue weighted by Gasteiger charge is -2.04. The van der Waals surface area contributed by atoms with E-state index in [0.717, 1.165) is 26.6 Å². The Morgan fingerprint density at radius 1 is 1.24 bits per heavy atom. The van der Waals surface area contributed by atoms with Gasteiger partial charge >= 0.3 is 0 Å². The number of para-hydroxylation sites is 1. The summed E-state index contributed by atoms with van der Waals surface area (Å²) in [5.41, 5.74) is 5.55. The average molecular weight is 470 g/mol. The van der Waals surface area contributed by atoms with Gasteiger partial charge in [-0.1, -0.05) is 52.0 Å². The van der Waals surface area contributed by atoms with Gasteiger partial charge in [0.25, 0.3) is 0 Å². The highest BCUT2D eigenvalue weighted by atomic mass is 79.9. The normalized spacial score (nSPS) is 11.2. The van der Waals surface area contributed by atoms with E-state index in [-0.39, 0.29) is 11.7 Å². The van der Waals surface area contributed by atoms with Gasteiger partial charge in [0.15, 0.2) is 0 Å². The van der Waals surface area contributed by atoms with E-state index in [4.69, 9.17) is 0 Å². The summed E-state index contributed by atoms with van der Waals surface area (Å²) in [5, 5.41) is 15.4. The van der Waals surface area contributed by atoms with Crippen LogP contribution in [0.15, 0.2) is 69.5 Å². The van der Waals surface area contributed by atoms with Crippen molar-refractivity contribution >= 4 is 62.4 Å². The quantitative estimate of drug-likeness (QED) is 0.184. The van der Waals surface area contributed by atoms with E-state index >= 15 is 0 Å². The molecule has 0 aliphatic carbocycles. The molecule has 2 heterocycles. The first-order valence-corrected chi connectivity index (χ1v) is 10.4. The van der Waals surface area contributed by atoms with Crippen LogP contribution in [0, 0.1) is 0 Å². The van der Waals surface area contributed by atoms with Crippen LogP contribution in [0.4, 0.5) is 11.6 Å². The second-order valence-corrected chi connectivity index (χ2v) is 7.83. The Morgan fingerprint density at radius 2 is 2.14 bits per heavy atom. The summed E-state index contributed by atoms with van der Waals surface area (Å²) in [4.78, 5) is 19.5. The van der Waals surface area contributed by atoms with E-state index in [0.29, 0.717) is 11.1 Å². The number of hydrazone groups is 1. The number of rotatable bonds is 7. The molecule has 4 rings (SSSR count). The topological polar surface area (TPSA) is 111 Å². The molecule has 1 amide bonds. The highest BCUT2D eigenvalue weighted by molar-refractivity contribution is 9.10. The van der Waals surface area contributed by atoms with E-state index < -0.39 is 0 Å². The number of benzene rings is 2. The summed E-state index contributed by atoms with van der Waals surface area (Å²) in [6.45, 7) is 0. The van der Waals surface area contributed by atoms with Crippen LogP contribution in [0.1, 0.15) is 5.56 Å². The maximum absolute atomic E-state index is 12.1. The van der Waals surface area contributed by atoms with E-state index in [1.54, 1.807) is 6.21 Å². The Kier molecular flexibility index (Phi) is 5.92. The van der Waals surface area contributed by atoms with Crippen molar-refractivity contribution in [2.75, 3.05) is 16.5 Å². The molecule has 0 bridgehead atoms. The van der Waals surface area contributed by atoms with Crippen LogP contribution in [0.5, 0.6) is 0 Å². The number of fused-ring (bicyclic) bond motifs is 1. The third kappa shape index (κ3) is 5.04. The van der Waals surface area contributed by atoms with Crippen molar-refractivity contribution in [1.29, 1.82) is 0 Å². The number of halogens is 1. The zero-order valence-electron chi connectivity index (χ0n) is 15.0. The monoisotopic (exact) mass is 469 g/mol. The first-order chi connectivity index (χ1) is 14.2. The highest BCUT2D eigenvalue weighted by Crippen LogP contribution is 2.18. The molecule has 0 aliphatic rings. The second kappa shape index (κ2) is 8.93. The molecule has 4 aromatic rings. The molecule has 0 saturated heterocycles. The highest BCUT2D eigenvalue weighted by Gasteiger charge is 2.08. The number of amides is 1. The minimum Gasteiger partial charge on any atom is -0.361 e. The molecule has 2 aromatic carbocycles. The first kappa shape index (κ1) is 19.2. The molecule has 4 N–H and O–H groups in total. The molecule has 10 heteroatoms. The number of carbonyl (C=O) groups excluding carboxylic acids is 1. The standard InChI is InChI=1S/C19H16BrN7OS/c20-13-4-3-5-14(8-13)23-17(28)11-29-19-24-18(26-27-19)25-22-10-12-9-21-16-7-2-1-6-15(12)16/h1-10,21H,11H2,(H,23,28)(H2,24,25,26,27)/b22-10+. The fourth-order valence-electron chi connectivity index (χ4n) is 2.62. The molecule has 0 fully saturated rings. The van der Waals surface area contributed by atoms with Gasteiger partial charge in [-0.15, -0.1) is 5.10 Å². The van der Waals surface area contributed by atoms with E-state index in [9.17, 15) is 4.79 Å². The minimum atomic E-state index is -0.134. The zero-order chi connectivity index (χ0) is 20.1. The number of hydrogen-bond acceptors (Lipinski definition) is 6. The molecule has 8 nitrogen and oxygen atoms in total. The number of thioether (sulfide) groups is 1. The largest absolute Gasteiger partial charge is 0.361 e. The number of carbonyl (C=O) groups is 1. The third-order valence-electron chi connectivity index (χ3n) is 3.90. The molecule has 0 saturated carbocycles. The number of nitrogens with one attached hydrogen (secondary N) is 4. The van der Waals surface area contributed by atoms with E-state index in [1.807, 2.05) is 54.7 Å². The summed E-state index contributed by atoms with van der Waals surface area (Å²) < 4.78 is 0.904. The number of H-pyrrole nitrogens is 2. The molecular formula is C19H16BrN7OS. The Balaban J connectivity index is 1.29. The summed E-state index contributed by atoms with van der Waals surface area (Å²) in [7, 11) is 0. The Bertz CT molecular complexity index is 1170. The molecule has 2 aromatic heterocycles. The van der Waals surface area contributed by atoms with Crippen molar-refractivity contribution in [1.82, 2.24) is 20.2 Å². The van der Waals surface area contributed by atoms with Crippen LogP contribution in [0.25, 0.3) is 10.9 Å². The number of hydrogen-bond donors (Lipinski definition) is 4. The Morgan fingerprint density at radius 3 is 3.03 bits per heavy atom. The molecule has 0 aliphatic heterocycles. The van der Waals surface area contributed by atoms with Crippen LogP contribution in [0.2, 0.25) is 0 Å². The molecule has 146 valence electrons. The fraction of sp³-hybridized carbons (Fsp3) is 0.0526. The summed E-state index contributed by atoms with van der Waals surface area (Å²) >= 11 is 4.61. The van der Waals surface area contributed by atoms with Gasteiger partial charge in [-0.3, -0.25) is 4.79 Å². The molecule has 0 atom stereocenters. The zero-order valence-corrected chi connectivity index (χ0v) is 17.4. The van der Waals surface area contributed by atoms with E-state index in [1.165, 1.54) is 11.8 Å². The van der Waals surface area contributed by atoms with Gasteiger partial charge in [-0.05, 0) is 24.3 Å². The molecule has 0 spiro atoms. The van der Waals surface area contributed by atoms with Crippen molar-refractivity contribution < 1.29 is 4.79 Å². The van der Waals surface area contributed by atoms with Gasteiger partial charge < -0.3 is 10.3 Å². The van der Waals surface area contributed by atoms with Crippen molar-refractivity contribution in [3.63, 3.8) is 0 Å². The van der Waals surface area contributed by atoms with Crippen LogP contribution in [0.3, 0.4) is 0 Å². The Hall–Kier alpha value is -3.11. The van der Waals surface area contributed by atoms with Gasteiger partial charge in [0, 0.05) is 32.8 Å². The predicted molar refractivity (Wildman–Crippen MR) is 119 cm³/mol. The third-order valence-corrected chi connectivity index (χ3v) is 5.24. The Labute approximate surface area is 178 Å². The molecule has 0 radical (unpaired) electrons. The summed E-state index contributed by atoms with van der Waals surface area (Å²) in [5.74, 6) is 0.461. The lowest BCUT2D eigenvalue weighted by Crippen LogP contribution is -2.14. The van der Waals surface area contributed by atoms with Crippen LogP contribution in [-0.2, 0) is 4.79 Å². The van der Waals surface area contributed by atoms with Gasteiger partial charge in [0.05, 0.1) is 12.0 Å². The predicted octanol–water partition coefficient (Wildman–Crippen LogP) is 4.23. The number of aromatic nitrogens is 4. The maximum atomic E-state index is 12.1. The van der Waals surface area contributed by atoms with Gasteiger partial charge in [0.1, 0.15) is 0 Å². The van der Waals surface area contributed by atoms with Crippen LogP contribution >= 0.6 is 27.7 Å². The van der Waals surface area contributed by atoms with Crippen molar-refractivity contribution in [2.45, 2.75) is 5.16 Å². The van der Waals surface area contributed by atoms with Crippen molar-refractivity contribution in [3.05, 3.63) is 64.8 Å². The minimum absolute atomic E-state index is 0.134. The van der Waals surface area contributed by atoms with Crippen molar-refractivity contribution in [3.8, 4) is 0 Å². The molecule has 29 heavy (non-hydrogen) atoms. The second-order valence-electron chi connectivity index (χ2n) is 5.97. The average Bonchev–Trinajstić information content (AvgIpc) is 3.34. The molecular weight excluding hydrogens is 454 g/mol. The number of aromatic amines is 2. The van der Waals surface area contributed by atoms with Crippen molar-refractivity contribution in [2.24, 2.45) is 5.10 Å². The maximum Gasteiger partial charge on any atom is 0.240 e. The SMILES string of the molecule is O=C(CSc1n[nH]c(N/N=C/c2c[nH]c3ccccc23)n1)Nc1cccc(Br)c1. The fourth-order valence-corrected chi connectivity index (χ4v) is 3.62. The lowest BCUT2D eigenvalue weighted by molar-refractivity contribution is -0.113. The number of nitrogens with zero attached hydrogens (tertiary/aromatic N) is 3. The molecule has 0 unspecified atom stereocenters. The van der Waals surface area contributed by atoms with Gasteiger partial charge in [-0.25, -0.2) is 10.5 Å². The summed E-state index contributed by atoms with van der Waals surface area (Å²) in [6, 6.07) is 15.4. The lowest BCUT2D eigenvalue weighted by atomic mass is 10.2. The van der Waals surface area contributed by atoms with Crippen LogP contribution < -0.4 is 10.7 Å². The first-order valence-electron chi connectivity index (χ1n) is 8.63. The smallest absolute Gasteiger partial charge is 0.240 e. The van der Waals surface area contributed by atoms with Gasteiger partial charge in [0.2, 0.25) is 17.0 Å². The summed E-state index contributed by atoms with van der Waals surface area (Å²) in [6.07, 6.45) is 3.60. The van der Waals surface area contributed by atoms with Crippen LogP contribution in [-0.4, -0.2) is 38.0 Å². The number of anilines is 2. The van der Waals surface area contributed by atoms with E-state index in [2.05, 4.69) is 51.9 Å².